The Balaban J connectivity index is 2.59. The van der Waals surface area contributed by atoms with Crippen LogP contribution in [-0.4, -0.2) is 4.98 Å². The van der Waals surface area contributed by atoms with Gasteiger partial charge in [0, 0.05) is 28.0 Å². The molecule has 0 saturated heterocycles. The van der Waals surface area contributed by atoms with Crippen LogP contribution in [0.15, 0.2) is 41.1 Å². The van der Waals surface area contributed by atoms with Gasteiger partial charge in [0.15, 0.2) is 0 Å². The molecule has 0 bridgehead atoms. The first-order valence-electron chi connectivity index (χ1n) is 4.23. The van der Waals surface area contributed by atoms with E-state index in [1.807, 2.05) is 0 Å². The summed E-state index contributed by atoms with van der Waals surface area (Å²) >= 11 is 8.98. The summed E-state index contributed by atoms with van der Waals surface area (Å²) in [4.78, 5) is 3.97. The van der Waals surface area contributed by atoms with Gasteiger partial charge in [0.2, 0.25) is 0 Å². The van der Waals surface area contributed by atoms with Crippen LogP contribution in [-0.2, 0) is 0 Å². The van der Waals surface area contributed by atoms with Crippen molar-refractivity contribution in [2.45, 2.75) is 0 Å². The molecule has 0 atom stereocenters. The van der Waals surface area contributed by atoms with E-state index in [9.17, 15) is 4.39 Å². The highest BCUT2D eigenvalue weighted by Gasteiger charge is 2.08. The van der Waals surface area contributed by atoms with Gasteiger partial charge in [0.25, 0.3) is 0 Å². The van der Waals surface area contributed by atoms with Crippen LogP contribution < -0.4 is 0 Å². The van der Waals surface area contributed by atoms with E-state index in [1.54, 1.807) is 30.6 Å². The molecule has 0 saturated carbocycles. The molecule has 4 heteroatoms. The van der Waals surface area contributed by atoms with Gasteiger partial charge >= 0.3 is 0 Å². The monoisotopic (exact) mass is 285 g/mol. The summed E-state index contributed by atoms with van der Waals surface area (Å²) in [6, 6.07) is 6.69. The van der Waals surface area contributed by atoms with Gasteiger partial charge in [-0.2, -0.15) is 0 Å². The van der Waals surface area contributed by atoms with Crippen molar-refractivity contribution in [3.8, 4) is 11.1 Å². The Labute approximate surface area is 100 Å². The predicted octanol–water partition coefficient (Wildman–Crippen LogP) is 4.30. The van der Waals surface area contributed by atoms with Crippen molar-refractivity contribution in [3.05, 3.63) is 52.0 Å². The number of pyridine rings is 1. The number of rotatable bonds is 1. The zero-order valence-electron chi connectivity index (χ0n) is 7.55. The molecule has 1 aromatic heterocycles. The summed E-state index contributed by atoms with van der Waals surface area (Å²) < 4.78 is 14.4. The third-order valence-electron chi connectivity index (χ3n) is 1.97. The van der Waals surface area contributed by atoms with Gasteiger partial charge < -0.3 is 0 Å². The molecule has 0 amide bonds. The predicted molar refractivity (Wildman–Crippen MR) is 62.3 cm³/mol. The molecule has 0 aliphatic heterocycles. The molecule has 0 N–H and O–H groups in total. The summed E-state index contributed by atoms with van der Waals surface area (Å²) in [7, 11) is 0. The maximum Gasteiger partial charge on any atom is 0.149 e. The first-order valence-corrected chi connectivity index (χ1v) is 5.40. The SMILES string of the molecule is Fc1c(Cl)cccc1-c1cncc(Br)c1. The zero-order chi connectivity index (χ0) is 10.8. The Kier molecular flexibility index (Phi) is 3.03. The quantitative estimate of drug-likeness (QED) is 0.761. The topological polar surface area (TPSA) is 12.9 Å². The number of hydrogen-bond acceptors (Lipinski definition) is 1. The third kappa shape index (κ3) is 2.19. The Hall–Kier alpha value is -0.930. The normalized spacial score (nSPS) is 10.3. The van der Waals surface area contributed by atoms with Gasteiger partial charge in [0.1, 0.15) is 5.82 Å². The summed E-state index contributed by atoms with van der Waals surface area (Å²) in [5.41, 5.74) is 1.15. The molecule has 0 unspecified atom stereocenters. The lowest BCUT2D eigenvalue weighted by atomic mass is 10.1. The number of benzene rings is 1. The van der Waals surface area contributed by atoms with Crippen LogP contribution >= 0.6 is 27.5 Å². The Morgan fingerprint density at radius 2 is 2.07 bits per heavy atom. The van der Waals surface area contributed by atoms with Crippen molar-refractivity contribution < 1.29 is 4.39 Å². The maximum atomic E-state index is 13.6. The fourth-order valence-corrected chi connectivity index (χ4v) is 1.83. The van der Waals surface area contributed by atoms with Gasteiger partial charge in [0.05, 0.1) is 5.02 Å². The molecule has 2 aromatic rings. The molecule has 0 spiro atoms. The minimum atomic E-state index is -0.418. The highest BCUT2D eigenvalue weighted by molar-refractivity contribution is 9.10. The van der Waals surface area contributed by atoms with Crippen molar-refractivity contribution in [2.75, 3.05) is 0 Å². The van der Waals surface area contributed by atoms with Gasteiger partial charge in [-0.3, -0.25) is 4.98 Å². The molecule has 0 radical (unpaired) electrons. The van der Waals surface area contributed by atoms with E-state index in [2.05, 4.69) is 20.9 Å². The maximum absolute atomic E-state index is 13.6. The summed E-state index contributed by atoms with van der Waals surface area (Å²) in [5.74, 6) is -0.418. The fraction of sp³-hybridized carbons (Fsp3) is 0. The standard InChI is InChI=1S/C11H6BrClFN/c12-8-4-7(5-15-6-8)9-2-1-3-10(13)11(9)14/h1-6H. The van der Waals surface area contributed by atoms with Crippen LogP contribution in [0.25, 0.3) is 11.1 Å². The van der Waals surface area contributed by atoms with Crippen molar-refractivity contribution in [1.29, 1.82) is 0 Å². The van der Waals surface area contributed by atoms with Crippen molar-refractivity contribution in [3.63, 3.8) is 0 Å². The van der Waals surface area contributed by atoms with Gasteiger partial charge in [-0.15, -0.1) is 0 Å². The minimum Gasteiger partial charge on any atom is -0.263 e. The molecular formula is C11H6BrClFN. The van der Waals surface area contributed by atoms with Crippen molar-refractivity contribution >= 4 is 27.5 Å². The molecular weight excluding hydrogens is 280 g/mol. The summed E-state index contributed by atoms with van der Waals surface area (Å²) in [6.07, 6.45) is 3.24. The van der Waals surface area contributed by atoms with E-state index < -0.39 is 5.82 Å². The number of aromatic nitrogens is 1. The number of nitrogens with zero attached hydrogens (tertiary/aromatic N) is 1. The highest BCUT2D eigenvalue weighted by Crippen LogP contribution is 2.28. The molecule has 0 aliphatic rings. The Morgan fingerprint density at radius 1 is 1.27 bits per heavy atom. The molecule has 0 aliphatic carbocycles. The number of halogens is 3. The molecule has 1 nitrogen and oxygen atoms in total. The highest BCUT2D eigenvalue weighted by atomic mass is 79.9. The second-order valence-electron chi connectivity index (χ2n) is 2.99. The second kappa shape index (κ2) is 4.29. The average molecular weight is 287 g/mol. The second-order valence-corrected chi connectivity index (χ2v) is 4.32. The zero-order valence-corrected chi connectivity index (χ0v) is 9.89. The largest absolute Gasteiger partial charge is 0.263 e. The van der Waals surface area contributed by atoms with E-state index in [-0.39, 0.29) is 5.02 Å². The van der Waals surface area contributed by atoms with Crippen LogP contribution in [0, 0.1) is 5.82 Å². The molecule has 15 heavy (non-hydrogen) atoms. The molecule has 0 fully saturated rings. The lowest BCUT2D eigenvalue weighted by Crippen LogP contribution is -1.86. The van der Waals surface area contributed by atoms with Crippen LogP contribution in [0.4, 0.5) is 4.39 Å². The van der Waals surface area contributed by atoms with Crippen LogP contribution in [0.5, 0.6) is 0 Å². The minimum absolute atomic E-state index is 0.118. The number of hydrogen-bond donors (Lipinski definition) is 0. The van der Waals surface area contributed by atoms with Crippen LogP contribution in [0.1, 0.15) is 0 Å². The summed E-state index contributed by atoms with van der Waals surface area (Å²) in [6.45, 7) is 0. The molecule has 1 heterocycles. The molecule has 76 valence electrons. The van der Waals surface area contributed by atoms with Gasteiger partial charge in [-0.05, 0) is 28.1 Å². The van der Waals surface area contributed by atoms with E-state index in [0.717, 1.165) is 4.47 Å². The third-order valence-corrected chi connectivity index (χ3v) is 2.69. The first kappa shape index (κ1) is 10.6. The van der Waals surface area contributed by atoms with Crippen molar-refractivity contribution in [1.82, 2.24) is 4.98 Å². The Bertz CT molecular complexity index is 502. The van der Waals surface area contributed by atoms with Gasteiger partial charge in [-0.25, -0.2) is 4.39 Å². The molecule has 1 aromatic carbocycles. The fourth-order valence-electron chi connectivity index (χ4n) is 1.29. The van der Waals surface area contributed by atoms with Crippen LogP contribution in [0.2, 0.25) is 5.02 Å². The smallest absolute Gasteiger partial charge is 0.149 e. The first-order chi connectivity index (χ1) is 7.18. The lowest BCUT2D eigenvalue weighted by Gasteiger charge is -2.04. The van der Waals surface area contributed by atoms with E-state index in [1.165, 1.54) is 6.07 Å². The van der Waals surface area contributed by atoms with Gasteiger partial charge in [-0.1, -0.05) is 23.7 Å². The Morgan fingerprint density at radius 3 is 2.80 bits per heavy atom. The molecule has 2 rings (SSSR count). The van der Waals surface area contributed by atoms with Crippen LogP contribution in [0.3, 0.4) is 0 Å². The average Bonchev–Trinajstić information content (AvgIpc) is 2.22. The van der Waals surface area contributed by atoms with E-state index in [4.69, 9.17) is 11.6 Å². The summed E-state index contributed by atoms with van der Waals surface area (Å²) in [5, 5.41) is 0.118. The lowest BCUT2D eigenvalue weighted by molar-refractivity contribution is 0.631. The van der Waals surface area contributed by atoms with E-state index in [0.29, 0.717) is 11.1 Å². The van der Waals surface area contributed by atoms with Crippen molar-refractivity contribution in [2.24, 2.45) is 0 Å². The van der Waals surface area contributed by atoms with E-state index >= 15 is 0 Å².